The molecule has 0 saturated heterocycles. The Hall–Kier alpha value is -2.00. The Labute approximate surface area is 182 Å². The first-order valence-corrected chi connectivity index (χ1v) is 12.5. The molecule has 0 aromatic heterocycles. The van der Waals surface area contributed by atoms with Crippen LogP contribution in [0.5, 0.6) is 0 Å². The third-order valence-corrected chi connectivity index (χ3v) is 8.52. The van der Waals surface area contributed by atoms with Gasteiger partial charge in [0.2, 0.25) is 21.8 Å². The van der Waals surface area contributed by atoms with Crippen LogP contribution in [0.3, 0.4) is 0 Å². The van der Waals surface area contributed by atoms with Crippen molar-refractivity contribution in [2.24, 2.45) is 23.2 Å². The van der Waals surface area contributed by atoms with Crippen LogP contribution in [-0.4, -0.2) is 26.8 Å². The van der Waals surface area contributed by atoms with Crippen molar-refractivity contribution in [1.29, 1.82) is 0 Å². The second-order valence-corrected chi connectivity index (χ2v) is 11.4. The van der Waals surface area contributed by atoms with Gasteiger partial charge < -0.3 is 0 Å². The summed E-state index contributed by atoms with van der Waals surface area (Å²) in [4.78, 5) is 24.4. The van der Waals surface area contributed by atoms with Crippen molar-refractivity contribution in [3.05, 3.63) is 30.1 Å². The molecular weight excluding hydrogens is 421 g/mol. The van der Waals surface area contributed by atoms with E-state index in [9.17, 15) is 22.4 Å². The molecule has 31 heavy (non-hydrogen) atoms. The molecule has 9 heteroatoms. The van der Waals surface area contributed by atoms with Crippen molar-refractivity contribution in [2.75, 3.05) is 6.54 Å². The highest BCUT2D eigenvalue weighted by atomic mass is 32.2. The maximum absolute atomic E-state index is 12.9. The molecule has 4 bridgehead atoms. The molecule has 1 aromatic carbocycles. The van der Waals surface area contributed by atoms with Crippen molar-refractivity contribution in [3.63, 3.8) is 0 Å². The van der Waals surface area contributed by atoms with Gasteiger partial charge in [-0.3, -0.25) is 20.4 Å². The number of rotatable bonds is 8. The van der Waals surface area contributed by atoms with Crippen LogP contribution in [0.25, 0.3) is 0 Å². The molecule has 0 heterocycles. The van der Waals surface area contributed by atoms with E-state index in [1.807, 2.05) is 0 Å². The average molecular weight is 452 g/mol. The van der Waals surface area contributed by atoms with Gasteiger partial charge in [-0.15, -0.1) is 0 Å². The van der Waals surface area contributed by atoms with Crippen molar-refractivity contribution >= 4 is 21.8 Å². The van der Waals surface area contributed by atoms with E-state index < -0.39 is 15.8 Å². The van der Waals surface area contributed by atoms with Crippen LogP contribution in [0.4, 0.5) is 4.39 Å². The molecule has 4 aliphatic carbocycles. The number of amides is 2. The summed E-state index contributed by atoms with van der Waals surface area (Å²) in [6.07, 6.45) is 8.18. The summed E-state index contributed by atoms with van der Waals surface area (Å²) < 4.78 is 39.5. The van der Waals surface area contributed by atoms with Gasteiger partial charge >= 0.3 is 0 Å². The number of carbonyl (C=O) groups is 2. The lowest BCUT2D eigenvalue weighted by Gasteiger charge is -2.56. The van der Waals surface area contributed by atoms with E-state index in [1.54, 1.807) is 0 Å². The van der Waals surface area contributed by atoms with Gasteiger partial charge in [0.05, 0.1) is 4.90 Å². The monoisotopic (exact) mass is 451 g/mol. The molecule has 1 aromatic rings. The Morgan fingerprint density at radius 3 is 2.06 bits per heavy atom. The highest BCUT2D eigenvalue weighted by Gasteiger charge is 2.51. The average Bonchev–Trinajstić information content (AvgIpc) is 2.68. The Balaban J connectivity index is 1.15. The zero-order valence-corrected chi connectivity index (χ0v) is 18.3. The maximum atomic E-state index is 12.9. The van der Waals surface area contributed by atoms with Crippen LogP contribution in [0.2, 0.25) is 0 Å². The van der Waals surface area contributed by atoms with Crippen LogP contribution in [-0.2, 0) is 19.6 Å². The van der Waals surface area contributed by atoms with E-state index in [2.05, 4.69) is 15.6 Å². The van der Waals surface area contributed by atoms with E-state index in [0.29, 0.717) is 6.42 Å². The molecule has 4 aliphatic rings. The van der Waals surface area contributed by atoms with Crippen molar-refractivity contribution in [1.82, 2.24) is 15.6 Å². The Morgan fingerprint density at radius 1 is 0.935 bits per heavy atom. The van der Waals surface area contributed by atoms with Gasteiger partial charge in [0, 0.05) is 19.4 Å². The number of carbonyl (C=O) groups excluding carboxylic acids is 2. The summed E-state index contributed by atoms with van der Waals surface area (Å²) in [5.41, 5.74) is 5.09. The molecule has 5 rings (SSSR count). The Morgan fingerprint density at radius 2 is 1.48 bits per heavy atom. The summed E-state index contributed by atoms with van der Waals surface area (Å²) in [5, 5.41) is 0. The molecule has 170 valence electrons. The minimum absolute atomic E-state index is 0.0321. The lowest BCUT2D eigenvalue weighted by Crippen LogP contribution is -2.50. The van der Waals surface area contributed by atoms with E-state index >= 15 is 0 Å². The minimum atomic E-state index is -3.75. The van der Waals surface area contributed by atoms with E-state index in [0.717, 1.165) is 49.1 Å². The highest BCUT2D eigenvalue weighted by molar-refractivity contribution is 7.89. The van der Waals surface area contributed by atoms with Crippen LogP contribution in [0.15, 0.2) is 29.2 Å². The molecule has 0 spiro atoms. The molecule has 0 unspecified atom stereocenters. The topological polar surface area (TPSA) is 104 Å². The lowest BCUT2D eigenvalue weighted by molar-refractivity contribution is -0.134. The smallest absolute Gasteiger partial charge is 0.240 e. The second-order valence-electron chi connectivity index (χ2n) is 9.65. The predicted molar refractivity (Wildman–Crippen MR) is 112 cm³/mol. The summed E-state index contributed by atoms with van der Waals surface area (Å²) in [6, 6.07) is 4.52. The van der Waals surface area contributed by atoms with Crippen LogP contribution in [0.1, 0.15) is 57.8 Å². The largest absolute Gasteiger partial charge is 0.273 e. The maximum Gasteiger partial charge on any atom is 0.240 e. The van der Waals surface area contributed by atoms with Gasteiger partial charge in [-0.1, -0.05) is 0 Å². The second kappa shape index (κ2) is 8.86. The molecule has 0 atom stereocenters. The SMILES string of the molecule is O=C(CCCNS(=O)(=O)c1ccc(F)cc1)NNC(=O)CC12CC3CC(CC(C3)C1)C2. The van der Waals surface area contributed by atoms with Crippen LogP contribution in [0, 0.1) is 29.0 Å². The van der Waals surface area contributed by atoms with Gasteiger partial charge in [0.15, 0.2) is 0 Å². The van der Waals surface area contributed by atoms with E-state index in [4.69, 9.17) is 0 Å². The van der Waals surface area contributed by atoms with Crippen LogP contribution >= 0.6 is 0 Å². The molecule has 2 amide bonds. The number of benzene rings is 1. The zero-order chi connectivity index (χ0) is 22.1. The Bertz CT molecular complexity index is 897. The van der Waals surface area contributed by atoms with Gasteiger partial charge in [-0.05, 0) is 92.4 Å². The van der Waals surface area contributed by atoms with Crippen molar-refractivity contribution in [3.8, 4) is 0 Å². The third-order valence-electron chi connectivity index (χ3n) is 7.04. The van der Waals surface area contributed by atoms with Crippen molar-refractivity contribution < 1.29 is 22.4 Å². The van der Waals surface area contributed by atoms with Crippen LogP contribution < -0.4 is 15.6 Å². The number of hydrogen-bond acceptors (Lipinski definition) is 4. The van der Waals surface area contributed by atoms with Gasteiger partial charge in [0.25, 0.3) is 0 Å². The van der Waals surface area contributed by atoms with Gasteiger partial charge in [0.1, 0.15) is 5.82 Å². The standard InChI is InChI=1S/C22H30FN3O4S/c23-18-3-5-19(6-4-18)31(29,30)24-7-1-2-20(27)25-26-21(28)14-22-11-15-8-16(12-22)10-17(9-15)13-22/h3-6,15-17,24H,1-2,7-14H2,(H,25,27)(H,26,28). The summed E-state index contributed by atoms with van der Waals surface area (Å²) in [6.45, 7) is 0.0638. The van der Waals surface area contributed by atoms with Crippen molar-refractivity contribution in [2.45, 2.75) is 62.7 Å². The number of nitrogens with one attached hydrogen (secondary N) is 3. The highest BCUT2D eigenvalue weighted by Crippen LogP contribution is 2.61. The van der Waals surface area contributed by atoms with E-state index in [-0.39, 0.29) is 41.5 Å². The Kier molecular flexibility index (Phi) is 6.35. The molecule has 7 nitrogen and oxygen atoms in total. The van der Waals surface area contributed by atoms with E-state index in [1.165, 1.54) is 31.4 Å². The zero-order valence-electron chi connectivity index (χ0n) is 17.5. The molecule has 3 N–H and O–H groups in total. The fraction of sp³-hybridized carbons (Fsp3) is 0.636. The summed E-state index contributed by atoms with van der Waals surface area (Å²) >= 11 is 0. The van der Waals surface area contributed by atoms with Gasteiger partial charge in [-0.2, -0.15) is 0 Å². The fourth-order valence-corrected chi connectivity index (χ4v) is 7.32. The first kappa shape index (κ1) is 22.2. The first-order valence-electron chi connectivity index (χ1n) is 11.1. The summed E-state index contributed by atoms with van der Waals surface area (Å²) in [7, 11) is -3.75. The first-order chi connectivity index (χ1) is 14.7. The number of hydrazine groups is 1. The molecule has 0 aliphatic heterocycles. The third kappa shape index (κ3) is 5.44. The molecule has 4 fully saturated rings. The minimum Gasteiger partial charge on any atom is -0.273 e. The molecule has 0 radical (unpaired) electrons. The fourth-order valence-electron chi connectivity index (χ4n) is 6.25. The molecule has 4 saturated carbocycles. The number of halogens is 1. The van der Waals surface area contributed by atoms with Gasteiger partial charge in [-0.25, -0.2) is 17.5 Å². The summed E-state index contributed by atoms with van der Waals surface area (Å²) in [5.74, 6) is 1.29. The number of hydrogen-bond donors (Lipinski definition) is 3. The lowest BCUT2D eigenvalue weighted by atomic mass is 9.49. The molecular formula is C22H30FN3O4S. The number of sulfonamides is 1. The quantitative estimate of drug-likeness (QED) is 0.417. The normalized spacial score (nSPS) is 29.0. The predicted octanol–water partition coefficient (Wildman–Crippen LogP) is 2.64.